The summed E-state index contributed by atoms with van der Waals surface area (Å²) in [5.41, 5.74) is 2.10. The Morgan fingerprint density at radius 1 is 1.00 bits per heavy atom. The van der Waals surface area contributed by atoms with Crippen LogP contribution in [0.3, 0.4) is 0 Å². The van der Waals surface area contributed by atoms with E-state index in [4.69, 9.17) is 0 Å². The summed E-state index contributed by atoms with van der Waals surface area (Å²) in [7, 11) is 0. The predicted molar refractivity (Wildman–Crippen MR) is 79.8 cm³/mol. The summed E-state index contributed by atoms with van der Waals surface area (Å²) in [6.45, 7) is 1.23. The number of carboxylic acids is 1. The lowest BCUT2D eigenvalue weighted by Crippen LogP contribution is -2.28. The third kappa shape index (κ3) is 4.21. The first-order chi connectivity index (χ1) is 9.77. The molecule has 20 heavy (non-hydrogen) atoms. The summed E-state index contributed by atoms with van der Waals surface area (Å²) < 4.78 is 0. The second-order valence-corrected chi connectivity index (χ2v) is 4.74. The van der Waals surface area contributed by atoms with Gasteiger partial charge in [0.1, 0.15) is 0 Å². The van der Waals surface area contributed by atoms with Gasteiger partial charge in [0.05, 0.1) is 5.92 Å². The first-order valence-corrected chi connectivity index (χ1v) is 6.80. The van der Waals surface area contributed by atoms with Crippen molar-refractivity contribution in [1.82, 2.24) is 5.32 Å². The van der Waals surface area contributed by atoms with Crippen LogP contribution in [0.25, 0.3) is 0 Å². The number of rotatable bonds is 7. The number of nitrogens with one attached hydrogen (secondary N) is 1. The smallest absolute Gasteiger partial charge is 0.312 e. The van der Waals surface area contributed by atoms with E-state index >= 15 is 0 Å². The van der Waals surface area contributed by atoms with Gasteiger partial charge >= 0.3 is 5.97 Å². The second kappa shape index (κ2) is 7.46. The van der Waals surface area contributed by atoms with Crippen LogP contribution in [0.5, 0.6) is 0 Å². The van der Waals surface area contributed by atoms with Gasteiger partial charge in [-0.25, -0.2) is 0 Å². The van der Waals surface area contributed by atoms with Crippen molar-refractivity contribution in [3.8, 4) is 0 Å². The fourth-order valence-electron chi connectivity index (χ4n) is 2.16. The molecular formula is C17H19NO2. The molecule has 0 aliphatic heterocycles. The van der Waals surface area contributed by atoms with Gasteiger partial charge in [0.2, 0.25) is 0 Å². The molecule has 2 aromatic carbocycles. The minimum absolute atomic E-state index is 0.451. The van der Waals surface area contributed by atoms with Gasteiger partial charge in [0.15, 0.2) is 0 Å². The molecule has 0 spiro atoms. The van der Waals surface area contributed by atoms with Gasteiger partial charge in [-0.1, -0.05) is 60.7 Å². The van der Waals surface area contributed by atoms with E-state index in [0.29, 0.717) is 6.54 Å². The number of carbonyl (C=O) groups is 1. The van der Waals surface area contributed by atoms with Crippen molar-refractivity contribution in [3.05, 3.63) is 71.8 Å². The molecule has 0 heterocycles. The lowest BCUT2D eigenvalue weighted by atomic mass is 9.99. The van der Waals surface area contributed by atoms with Crippen LogP contribution in [0, 0.1) is 0 Å². The van der Waals surface area contributed by atoms with Gasteiger partial charge in [-0.15, -0.1) is 0 Å². The third-order valence-corrected chi connectivity index (χ3v) is 3.28. The SMILES string of the molecule is O=C(O)C(CNCCc1ccccc1)c1ccccc1. The van der Waals surface area contributed by atoms with E-state index in [1.54, 1.807) is 0 Å². The number of carboxylic acid groups (broad SMARTS) is 1. The molecule has 2 N–H and O–H groups in total. The molecule has 0 radical (unpaired) electrons. The second-order valence-electron chi connectivity index (χ2n) is 4.74. The molecule has 0 bridgehead atoms. The summed E-state index contributed by atoms with van der Waals surface area (Å²) in [4.78, 5) is 11.3. The highest BCUT2D eigenvalue weighted by Crippen LogP contribution is 2.14. The number of hydrogen-bond acceptors (Lipinski definition) is 2. The molecule has 0 amide bonds. The first-order valence-electron chi connectivity index (χ1n) is 6.80. The van der Waals surface area contributed by atoms with Gasteiger partial charge in [-0.05, 0) is 24.1 Å². The van der Waals surface area contributed by atoms with Gasteiger partial charge in [0, 0.05) is 6.54 Å². The summed E-state index contributed by atoms with van der Waals surface area (Å²) in [6.07, 6.45) is 0.905. The highest BCUT2D eigenvalue weighted by Gasteiger charge is 2.18. The minimum atomic E-state index is -0.789. The van der Waals surface area contributed by atoms with Crippen LogP contribution in [0.2, 0.25) is 0 Å². The van der Waals surface area contributed by atoms with Gasteiger partial charge < -0.3 is 10.4 Å². The molecule has 0 aliphatic rings. The van der Waals surface area contributed by atoms with Crippen molar-refractivity contribution in [2.45, 2.75) is 12.3 Å². The Morgan fingerprint density at radius 2 is 1.60 bits per heavy atom. The normalized spacial score (nSPS) is 12.0. The van der Waals surface area contributed by atoms with Crippen LogP contribution in [0.1, 0.15) is 17.0 Å². The molecule has 0 saturated carbocycles. The van der Waals surface area contributed by atoms with Crippen molar-refractivity contribution in [2.75, 3.05) is 13.1 Å². The largest absolute Gasteiger partial charge is 0.481 e. The molecule has 3 heteroatoms. The Kier molecular flexibility index (Phi) is 5.33. The molecule has 2 aromatic rings. The average molecular weight is 269 g/mol. The zero-order valence-electron chi connectivity index (χ0n) is 11.3. The van der Waals surface area contributed by atoms with E-state index in [1.807, 2.05) is 48.5 Å². The van der Waals surface area contributed by atoms with E-state index in [-0.39, 0.29) is 0 Å². The maximum Gasteiger partial charge on any atom is 0.312 e. The molecular weight excluding hydrogens is 250 g/mol. The lowest BCUT2D eigenvalue weighted by molar-refractivity contribution is -0.138. The van der Waals surface area contributed by atoms with Crippen molar-refractivity contribution in [2.24, 2.45) is 0 Å². The number of hydrogen-bond donors (Lipinski definition) is 2. The monoisotopic (exact) mass is 269 g/mol. The van der Waals surface area contributed by atoms with Crippen molar-refractivity contribution < 1.29 is 9.90 Å². The molecule has 1 atom stereocenters. The summed E-state index contributed by atoms with van der Waals surface area (Å²) >= 11 is 0. The van der Waals surface area contributed by atoms with Crippen LogP contribution in [-0.4, -0.2) is 24.2 Å². The molecule has 0 aromatic heterocycles. The Balaban J connectivity index is 1.83. The minimum Gasteiger partial charge on any atom is -0.481 e. The van der Waals surface area contributed by atoms with Gasteiger partial charge in [0.25, 0.3) is 0 Å². The third-order valence-electron chi connectivity index (χ3n) is 3.28. The number of aliphatic carboxylic acids is 1. The molecule has 0 aliphatic carbocycles. The Morgan fingerprint density at radius 3 is 2.20 bits per heavy atom. The van der Waals surface area contributed by atoms with Gasteiger partial charge in [-0.3, -0.25) is 4.79 Å². The van der Waals surface area contributed by atoms with E-state index in [2.05, 4.69) is 17.4 Å². The standard InChI is InChI=1S/C17H19NO2/c19-17(20)16(15-9-5-2-6-10-15)13-18-12-11-14-7-3-1-4-8-14/h1-10,16,18H,11-13H2,(H,19,20). The summed E-state index contributed by atoms with van der Waals surface area (Å²) in [5, 5.41) is 12.5. The zero-order chi connectivity index (χ0) is 14.2. The van der Waals surface area contributed by atoms with Crippen molar-refractivity contribution in [1.29, 1.82) is 0 Å². The van der Waals surface area contributed by atoms with Crippen LogP contribution in [0.15, 0.2) is 60.7 Å². The Labute approximate surface area is 119 Å². The molecule has 2 rings (SSSR count). The molecule has 1 unspecified atom stereocenters. The maximum absolute atomic E-state index is 11.3. The number of benzene rings is 2. The zero-order valence-corrected chi connectivity index (χ0v) is 11.3. The predicted octanol–water partition coefficient (Wildman–Crippen LogP) is 2.69. The molecule has 104 valence electrons. The topological polar surface area (TPSA) is 49.3 Å². The van der Waals surface area contributed by atoms with E-state index in [1.165, 1.54) is 5.56 Å². The van der Waals surface area contributed by atoms with Crippen LogP contribution < -0.4 is 5.32 Å². The average Bonchev–Trinajstić information content (AvgIpc) is 2.49. The fourth-order valence-corrected chi connectivity index (χ4v) is 2.16. The van der Waals surface area contributed by atoms with Gasteiger partial charge in [-0.2, -0.15) is 0 Å². The summed E-state index contributed by atoms with van der Waals surface area (Å²) in [5.74, 6) is -1.28. The van der Waals surface area contributed by atoms with E-state index in [0.717, 1.165) is 18.5 Å². The van der Waals surface area contributed by atoms with Crippen LogP contribution in [-0.2, 0) is 11.2 Å². The maximum atomic E-state index is 11.3. The van der Waals surface area contributed by atoms with Crippen molar-refractivity contribution >= 4 is 5.97 Å². The van der Waals surface area contributed by atoms with E-state index in [9.17, 15) is 9.90 Å². The first kappa shape index (κ1) is 14.3. The fraction of sp³-hybridized carbons (Fsp3) is 0.235. The Hall–Kier alpha value is -2.13. The molecule has 0 saturated heterocycles. The highest BCUT2D eigenvalue weighted by atomic mass is 16.4. The molecule has 3 nitrogen and oxygen atoms in total. The summed E-state index contributed by atoms with van der Waals surface area (Å²) in [6, 6.07) is 19.5. The van der Waals surface area contributed by atoms with Crippen LogP contribution in [0.4, 0.5) is 0 Å². The van der Waals surface area contributed by atoms with Crippen LogP contribution >= 0.6 is 0 Å². The molecule has 0 fully saturated rings. The highest BCUT2D eigenvalue weighted by molar-refractivity contribution is 5.76. The lowest BCUT2D eigenvalue weighted by Gasteiger charge is -2.13. The van der Waals surface area contributed by atoms with E-state index < -0.39 is 11.9 Å². The Bertz CT molecular complexity index is 525. The van der Waals surface area contributed by atoms with Crippen molar-refractivity contribution in [3.63, 3.8) is 0 Å². The quantitative estimate of drug-likeness (QED) is 0.760.